The summed E-state index contributed by atoms with van der Waals surface area (Å²) in [7, 11) is 0.908. The highest BCUT2D eigenvalue weighted by Crippen LogP contribution is 2.35. The number of hydrogen-bond donors (Lipinski definition) is 1. The number of nitrogens with zero attached hydrogens (tertiary/aromatic N) is 3. The van der Waals surface area contributed by atoms with E-state index in [1.807, 2.05) is 47.4 Å². The molecule has 4 heterocycles. The van der Waals surface area contributed by atoms with Crippen LogP contribution in [0.4, 0.5) is 5.82 Å². The largest absolute Gasteiger partial charge is 0.456 e. The summed E-state index contributed by atoms with van der Waals surface area (Å²) in [6.45, 7) is 3.69. The molecule has 9 heteroatoms. The number of nitrogens with one attached hydrogen (secondary N) is 1. The number of ether oxygens (including phenoxy) is 1. The van der Waals surface area contributed by atoms with Crippen molar-refractivity contribution in [3.05, 3.63) is 71.4 Å². The van der Waals surface area contributed by atoms with Crippen LogP contribution in [-0.4, -0.2) is 47.1 Å². The van der Waals surface area contributed by atoms with Gasteiger partial charge in [0.05, 0.1) is 21.5 Å². The molecule has 0 bridgehead atoms. The van der Waals surface area contributed by atoms with Crippen molar-refractivity contribution in [2.24, 2.45) is 0 Å². The Morgan fingerprint density at radius 3 is 2.62 bits per heavy atom. The quantitative estimate of drug-likeness (QED) is 0.417. The van der Waals surface area contributed by atoms with Gasteiger partial charge in [-0.05, 0) is 36.2 Å². The topological polar surface area (TPSA) is 84.4 Å². The minimum absolute atomic E-state index is 0.0549. The van der Waals surface area contributed by atoms with Crippen LogP contribution >= 0.6 is 11.3 Å². The van der Waals surface area contributed by atoms with Gasteiger partial charge in [0.15, 0.2) is 7.28 Å². The maximum absolute atomic E-state index is 12.6. The fourth-order valence-corrected chi connectivity index (χ4v) is 4.69. The van der Waals surface area contributed by atoms with Gasteiger partial charge in [0, 0.05) is 31.5 Å². The molecule has 4 aromatic rings. The minimum atomic E-state index is -0.126. The fourth-order valence-electron chi connectivity index (χ4n) is 3.66. The van der Waals surface area contributed by atoms with E-state index < -0.39 is 0 Å². The number of likely N-dealkylation sites (tertiary alicyclic amines) is 1. The summed E-state index contributed by atoms with van der Waals surface area (Å²) in [6.07, 6.45) is 4.76. The summed E-state index contributed by atoms with van der Waals surface area (Å²) >= 11 is 1.41. The Hall–Kier alpha value is -3.72. The van der Waals surface area contributed by atoms with Crippen LogP contribution in [0.5, 0.6) is 11.5 Å². The number of hydrogen-bond acceptors (Lipinski definition) is 6. The molecule has 1 aliphatic heterocycles. The number of fused-ring (bicyclic) bond motifs is 1. The number of pyridine rings is 2. The van der Waals surface area contributed by atoms with Crippen LogP contribution in [0, 0.1) is 0 Å². The average molecular weight is 470 g/mol. The number of amides is 2. The molecule has 3 aromatic heterocycles. The van der Waals surface area contributed by atoms with E-state index in [2.05, 4.69) is 22.1 Å². The van der Waals surface area contributed by atoms with Crippen LogP contribution < -0.4 is 15.5 Å². The van der Waals surface area contributed by atoms with E-state index in [0.717, 1.165) is 48.0 Å². The first-order valence-electron chi connectivity index (χ1n) is 11.3. The van der Waals surface area contributed by atoms with Gasteiger partial charge in [-0.15, -0.1) is 11.3 Å². The number of anilines is 1. The van der Waals surface area contributed by atoms with Gasteiger partial charge < -0.3 is 15.0 Å². The molecule has 1 N–H and O–H groups in total. The molecule has 0 unspecified atom stereocenters. The van der Waals surface area contributed by atoms with Crippen LogP contribution in [0.3, 0.4) is 0 Å². The molecule has 34 heavy (non-hydrogen) atoms. The third kappa shape index (κ3) is 4.79. The van der Waals surface area contributed by atoms with E-state index in [0.29, 0.717) is 22.2 Å². The summed E-state index contributed by atoms with van der Waals surface area (Å²) in [5, 5.41) is 2.83. The van der Waals surface area contributed by atoms with Gasteiger partial charge in [0.1, 0.15) is 17.3 Å². The summed E-state index contributed by atoms with van der Waals surface area (Å²) in [4.78, 5) is 36.1. The van der Waals surface area contributed by atoms with Crippen LogP contribution in [0.1, 0.15) is 21.7 Å². The second-order valence-electron chi connectivity index (χ2n) is 8.16. The van der Waals surface area contributed by atoms with Crippen molar-refractivity contribution in [1.82, 2.24) is 14.9 Å². The molecule has 1 fully saturated rings. The fraction of sp³-hybridized carbons (Fsp3) is 0.200. The van der Waals surface area contributed by atoms with Gasteiger partial charge in [0.25, 0.3) is 5.91 Å². The lowest BCUT2D eigenvalue weighted by molar-refractivity contribution is -0.115. The van der Waals surface area contributed by atoms with E-state index in [9.17, 15) is 9.59 Å². The number of aromatic nitrogens is 2. The Balaban J connectivity index is 1.24. The highest BCUT2D eigenvalue weighted by atomic mass is 32.1. The average Bonchev–Trinajstić information content (AvgIpc) is 3.25. The van der Waals surface area contributed by atoms with Crippen LogP contribution in [0.15, 0.2) is 60.9 Å². The first-order chi connectivity index (χ1) is 16.6. The third-order valence-electron chi connectivity index (χ3n) is 5.75. The number of carbonyl (C=O) groups is 2. The molecule has 1 aromatic carbocycles. The molecule has 1 saturated heterocycles. The van der Waals surface area contributed by atoms with Gasteiger partial charge in [-0.3, -0.25) is 14.6 Å². The molecule has 2 amide bonds. The predicted molar refractivity (Wildman–Crippen MR) is 136 cm³/mol. The van der Waals surface area contributed by atoms with E-state index in [1.165, 1.54) is 11.3 Å². The lowest BCUT2D eigenvalue weighted by Crippen LogP contribution is -2.41. The first-order valence-corrected chi connectivity index (χ1v) is 12.1. The number of carbonyl (C=O) groups excluding carboxylic acids is 2. The Morgan fingerprint density at radius 2 is 1.94 bits per heavy atom. The zero-order valence-corrected chi connectivity index (χ0v) is 19.6. The van der Waals surface area contributed by atoms with E-state index in [1.54, 1.807) is 18.5 Å². The molecule has 7 nitrogen and oxygen atoms in total. The van der Waals surface area contributed by atoms with Crippen molar-refractivity contribution in [3.8, 4) is 11.5 Å². The number of benzene rings is 1. The smallest absolute Gasteiger partial charge is 0.264 e. The first kappa shape index (κ1) is 22.1. The van der Waals surface area contributed by atoms with Crippen molar-refractivity contribution < 1.29 is 14.3 Å². The predicted octanol–water partition coefficient (Wildman–Crippen LogP) is 3.62. The molecule has 170 valence electrons. The number of thiophene rings is 1. The second kappa shape index (κ2) is 9.65. The van der Waals surface area contributed by atoms with E-state index in [-0.39, 0.29) is 18.2 Å². The molecule has 0 saturated carbocycles. The van der Waals surface area contributed by atoms with Gasteiger partial charge >= 0.3 is 0 Å². The van der Waals surface area contributed by atoms with Crippen molar-refractivity contribution in [1.29, 1.82) is 0 Å². The van der Waals surface area contributed by atoms with Gasteiger partial charge in [0.2, 0.25) is 5.91 Å². The maximum Gasteiger partial charge on any atom is 0.264 e. The zero-order chi connectivity index (χ0) is 23.5. The lowest BCUT2D eigenvalue weighted by atomic mass is 9.74. The Labute approximate surface area is 202 Å². The van der Waals surface area contributed by atoms with E-state index in [4.69, 9.17) is 4.74 Å². The van der Waals surface area contributed by atoms with Crippen molar-refractivity contribution in [2.45, 2.75) is 19.7 Å². The normalized spacial score (nSPS) is 12.8. The third-order valence-corrected chi connectivity index (χ3v) is 6.87. The maximum atomic E-state index is 12.6. The Bertz CT molecular complexity index is 1330. The standard InChI is InChI=1S/C25H23BN4O3S/c1-26-17-5-8-22(28-15-17)29-23(31)13-16-3-6-18(7-4-16)33-20-9-10-27-19-14-21(34-24(19)20)25(32)30-11-2-12-30/h3-10,14-15,26H,2,11-13H2,1H3,(H,28,29,31). The molecular formula is C25H23BN4O3S. The Kier molecular flexibility index (Phi) is 6.27. The van der Waals surface area contributed by atoms with Crippen molar-refractivity contribution in [2.75, 3.05) is 18.4 Å². The Morgan fingerprint density at radius 1 is 1.12 bits per heavy atom. The monoisotopic (exact) mass is 470 g/mol. The molecule has 5 rings (SSSR count). The van der Waals surface area contributed by atoms with Crippen LogP contribution in [0.25, 0.3) is 10.2 Å². The van der Waals surface area contributed by atoms with Crippen molar-refractivity contribution >= 4 is 51.9 Å². The van der Waals surface area contributed by atoms with Gasteiger partial charge in [-0.2, -0.15) is 0 Å². The highest BCUT2D eigenvalue weighted by Gasteiger charge is 2.24. The van der Waals surface area contributed by atoms with Crippen LogP contribution in [0.2, 0.25) is 6.82 Å². The number of rotatable bonds is 7. The highest BCUT2D eigenvalue weighted by molar-refractivity contribution is 7.21. The molecule has 0 aliphatic carbocycles. The molecule has 0 spiro atoms. The molecule has 0 radical (unpaired) electrons. The summed E-state index contributed by atoms with van der Waals surface area (Å²) < 4.78 is 6.94. The summed E-state index contributed by atoms with van der Waals surface area (Å²) in [6, 6.07) is 14.8. The minimum Gasteiger partial charge on any atom is -0.456 e. The SMILES string of the molecule is CBc1ccc(NC(=O)Cc2ccc(Oc3ccnc4cc(C(=O)N5CCC5)sc34)cc2)nc1. The second-order valence-corrected chi connectivity index (χ2v) is 9.21. The molecular weight excluding hydrogens is 447 g/mol. The molecule has 0 atom stereocenters. The van der Waals surface area contributed by atoms with E-state index >= 15 is 0 Å². The van der Waals surface area contributed by atoms with Crippen LogP contribution in [-0.2, 0) is 11.2 Å². The van der Waals surface area contributed by atoms with Crippen molar-refractivity contribution in [3.63, 3.8) is 0 Å². The van der Waals surface area contributed by atoms with Gasteiger partial charge in [-0.1, -0.05) is 30.5 Å². The zero-order valence-electron chi connectivity index (χ0n) is 18.8. The lowest BCUT2D eigenvalue weighted by Gasteiger charge is -2.30. The van der Waals surface area contributed by atoms with Gasteiger partial charge in [-0.25, -0.2) is 4.98 Å². The summed E-state index contributed by atoms with van der Waals surface area (Å²) in [5.41, 5.74) is 2.75. The summed E-state index contributed by atoms with van der Waals surface area (Å²) in [5.74, 6) is 1.78. The molecule has 1 aliphatic rings.